The molecule has 14 rings (SSSR count). The first kappa shape index (κ1) is 42.2. The van der Waals surface area contributed by atoms with Crippen molar-refractivity contribution < 1.29 is 0 Å². The molecule has 0 unspecified atom stereocenters. The van der Waals surface area contributed by atoms with Crippen molar-refractivity contribution in [1.29, 1.82) is 0 Å². The zero-order valence-corrected chi connectivity index (χ0v) is 40.0. The van der Waals surface area contributed by atoms with Crippen molar-refractivity contribution in [2.45, 2.75) is 0 Å². The summed E-state index contributed by atoms with van der Waals surface area (Å²) in [6.45, 7) is 0. The number of hydrogen-bond donors (Lipinski definition) is 0. The van der Waals surface area contributed by atoms with Crippen molar-refractivity contribution in [2.75, 3.05) is 4.90 Å². The van der Waals surface area contributed by atoms with E-state index in [1.165, 1.54) is 93.3 Å². The van der Waals surface area contributed by atoms with Gasteiger partial charge in [-0.25, -0.2) is 0 Å². The third-order valence-electron chi connectivity index (χ3n) is 14.8. The molecule has 0 fully saturated rings. The zero-order valence-electron chi connectivity index (χ0n) is 40.0. The van der Waals surface area contributed by atoms with Gasteiger partial charge >= 0.3 is 0 Å². The second kappa shape index (κ2) is 17.6. The second-order valence-electron chi connectivity index (χ2n) is 18.9. The Morgan fingerprint density at radius 2 is 0.575 bits per heavy atom. The van der Waals surface area contributed by atoms with E-state index in [0.717, 1.165) is 34.0 Å². The molecular weight excluding hydrogens is 883 g/mol. The molecule has 0 saturated carbocycles. The minimum Gasteiger partial charge on any atom is -0.310 e. The van der Waals surface area contributed by atoms with Gasteiger partial charge in [-0.1, -0.05) is 206 Å². The van der Waals surface area contributed by atoms with Crippen LogP contribution < -0.4 is 4.90 Å². The van der Waals surface area contributed by atoms with Gasteiger partial charge in [-0.05, 0) is 129 Å². The van der Waals surface area contributed by atoms with Crippen molar-refractivity contribution in [3.63, 3.8) is 0 Å². The molecule has 342 valence electrons. The van der Waals surface area contributed by atoms with E-state index in [9.17, 15) is 0 Å². The number of para-hydroxylation sites is 4. The summed E-state index contributed by atoms with van der Waals surface area (Å²) < 4.78 is 4.77. The lowest BCUT2D eigenvalue weighted by molar-refractivity contribution is 1.18. The summed E-state index contributed by atoms with van der Waals surface area (Å²) >= 11 is 0. The number of hydrogen-bond acceptors (Lipinski definition) is 1. The van der Waals surface area contributed by atoms with Gasteiger partial charge in [0.2, 0.25) is 0 Å². The normalized spacial score (nSPS) is 11.6. The van der Waals surface area contributed by atoms with Crippen LogP contribution in [0, 0.1) is 0 Å². The van der Waals surface area contributed by atoms with E-state index in [1.807, 2.05) is 0 Å². The Hall–Kier alpha value is -9.70. The number of anilines is 3. The number of nitrogens with zero attached hydrogens (tertiary/aromatic N) is 3. The Kier molecular flexibility index (Phi) is 10.2. The molecule has 2 aromatic heterocycles. The summed E-state index contributed by atoms with van der Waals surface area (Å²) in [4.78, 5) is 2.42. The molecule has 0 radical (unpaired) electrons. The fourth-order valence-electron chi connectivity index (χ4n) is 11.2. The van der Waals surface area contributed by atoms with Gasteiger partial charge in [0.15, 0.2) is 0 Å². The molecule has 0 aliphatic rings. The SMILES string of the molecule is c1ccc(-c2ccc(-c3ccc(N(c4ccc(-c5ccc(-n6c7ccccc7c7ccccc76)cc5)cc4)c4ccc(-c5ccc6c7ccccc7n(-c7ccccc7)c6c5)c5ccccc45)cc3)cc2)cc1. The van der Waals surface area contributed by atoms with Gasteiger partial charge < -0.3 is 14.0 Å². The lowest BCUT2D eigenvalue weighted by Crippen LogP contribution is -2.10. The van der Waals surface area contributed by atoms with Crippen LogP contribution in [0.25, 0.3) is 110 Å². The van der Waals surface area contributed by atoms with Crippen LogP contribution in [0.2, 0.25) is 0 Å². The van der Waals surface area contributed by atoms with Gasteiger partial charge in [0.1, 0.15) is 0 Å². The summed E-state index contributed by atoms with van der Waals surface area (Å²) in [5.74, 6) is 0. The second-order valence-corrected chi connectivity index (χ2v) is 18.9. The topological polar surface area (TPSA) is 13.1 Å². The molecule has 0 aliphatic carbocycles. The van der Waals surface area contributed by atoms with Crippen molar-refractivity contribution in [2.24, 2.45) is 0 Å². The van der Waals surface area contributed by atoms with E-state index < -0.39 is 0 Å². The Bertz CT molecular complexity index is 4270. The number of benzene rings is 12. The van der Waals surface area contributed by atoms with Crippen LogP contribution in [0.5, 0.6) is 0 Å². The predicted octanol–water partition coefficient (Wildman–Crippen LogP) is 19.2. The maximum Gasteiger partial charge on any atom is 0.0547 e. The minimum atomic E-state index is 1.08. The minimum absolute atomic E-state index is 1.08. The summed E-state index contributed by atoms with van der Waals surface area (Å²) in [6.07, 6.45) is 0. The van der Waals surface area contributed by atoms with Crippen LogP contribution in [0.3, 0.4) is 0 Å². The highest BCUT2D eigenvalue weighted by Crippen LogP contribution is 2.44. The highest BCUT2D eigenvalue weighted by molar-refractivity contribution is 6.13. The first-order valence-electron chi connectivity index (χ1n) is 25.1. The number of aromatic nitrogens is 2. The van der Waals surface area contributed by atoms with Gasteiger partial charge in [-0.2, -0.15) is 0 Å². The summed E-state index contributed by atoms with van der Waals surface area (Å²) in [5, 5.41) is 7.40. The highest BCUT2D eigenvalue weighted by atomic mass is 15.1. The summed E-state index contributed by atoms with van der Waals surface area (Å²) in [6, 6.07) is 104. The average Bonchev–Trinajstić information content (AvgIpc) is 3.99. The fourth-order valence-corrected chi connectivity index (χ4v) is 11.2. The first-order chi connectivity index (χ1) is 36.2. The van der Waals surface area contributed by atoms with Gasteiger partial charge in [0.25, 0.3) is 0 Å². The van der Waals surface area contributed by atoms with E-state index in [1.54, 1.807) is 0 Å². The van der Waals surface area contributed by atoms with E-state index in [-0.39, 0.29) is 0 Å². The molecule has 0 amide bonds. The Morgan fingerprint density at radius 3 is 1.10 bits per heavy atom. The molecule has 2 heterocycles. The molecule has 12 aromatic carbocycles. The maximum atomic E-state index is 2.42. The van der Waals surface area contributed by atoms with Crippen molar-refractivity contribution in [1.82, 2.24) is 9.13 Å². The van der Waals surface area contributed by atoms with Crippen molar-refractivity contribution in [3.05, 3.63) is 285 Å². The lowest BCUT2D eigenvalue weighted by Gasteiger charge is -2.28. The number of fused-ring (bicyclic) bond motifs is 7. The third-order valence-corrected chi connectivity index (χ3v) is 14.8. The van der Waals surface area contributed by atoms with Crippen LogP contribution >= 0.6 is 0 Å². The monoisotopic (exact) mass is 929 g/mol. The third kappa shape index (κ3) is 7.29. The van der Waals surface area contributed by atoms with Crippen LogP contribution in [0.15, 0.2) is 285 Å². The standard InChI is InChI=1S/C70H47N3/c1-3-15-48(16-4-1)49-27-29-50(30-28-49)51-31-38-56(39-32-51)71(57-40-33-52(34-41-57)53-35-42-58(43-36-53)72-66-24-12-9-21-62(66)63-22-10-13-25-67(63)72)69-46-45-59(60-19-7-8-20-61(60)69)54-37-44-65-64-23-11-14-26-68(64)73(70(65)47-54)55-17-5-2-6-18-55/h1-47H. The molecule has 0 aliphatic heterocycles. The van der Waals surface area contributed by atoms with E-state index >= 15 is 0 Å². The fraction of sp³-hybridized carbons (Fsp3) is 0. The summed E-state index contributed by atoms with van der Waals surface area (Å²) in [7, 11) is 0. The van der Waals surface area contributed by atoms with Crippen LogP contribution in [0.1, 0.15) is 0 Å². The van der Waals surface area contributed by atoms with Gasteiger partial charge in [0, 0.05) is 49.7 Å². The van der Waals surface area contributed by atoms with E-state index in [2.05, 4.69) is 299 Å². The predicted molar refractivity (Wildman–Crippen MR) is 309 cm³/mol. The van der Waals surface area contributed by atoms with Crippen LogP contribution in [0.4, 0.5) is 17.1 Å². The van der Waals surface area contributed by atoms with E-state index in [0.29, 0.717) is 0 Å². The molecule has 0 N–H and O–H groups in total. The molecule has 3 heteroatoms. The smallest absolute Gasteiger partial charge is 0.0547 e. The van der Waals surface area contributed by atoms with Crippen LogP contribution in [-0.4, -0.2) is 9.13 Å². The zero-order chi connectivity index (χ0) is 48.2. The van der Waals surface area contributed by atoms with Crippen molar-refractivity contribution in [3.8, 4) is 55.9 Å². The molecule has 0 spiro atoms. The lowest BCUT2D eigenvalue weighted by atomic mass is 9.95. The van der Waals surface area contributed by atoms with E-state index in [4.69, 9.17) is 0 Å². The van der Waals surface area contributed by atoms with Crippen molar-refractivity contribution >= 4 is 71.4 Å². The molecule has 3 nitrogen and oxygen atoms in total. The molecule has 14 aromatic rings. The molecule has 0 atom stereocenters. The quantitative estimate of drug-likeness (QED) is 0.141. The summed E-state index contributed by atoms with van der Waals surface area (Å²) in [5.41, 5.74) is 19.9. The molecule has 0 saturated heterocycles. The molecular formula is C70H47N3. The maximum absolute atomic E-state index is 2.42. The average molecular weight is 930 g/mol. The van der Waals surface area contributed by atoms with Gasteiger partial charge in [-0.15, -0.1) is 0 Å². The molecule has 73 heavy (non-hydrogen) atoms. The van der Waals surface area contributed by atoms with Gasteiger partial charge in [0.05, 0.1) is 27.8 Å². The first-order valence-corrected chi connectivity index (χ1v) is 25.1. The molecule has 0 bridgehead atoms. The number of rotatable bonds is 9. The Morgan fingerprint density at radius 1 is 0.219 bits per heavy atom. The Labute approximate surface area is 424 Å². The Balaban J connectivity index is 0.863. The highest BCUT2D eigenvalue weighted by Gasteiger charge is 2.20. The van der Waals surface area contributed by atoms with Gasteiger partial charge in [-0.3, -0.25) is 0 Å². The largest absolute Gasteiger partial charge is 0.310 e. The van der Waals surface area contributed by atoms with Crippen LogP contribution in [-0.2, 0) is 0 Å².